The van der Waals surface area contributed by atoms with Crippen LogP contribution in [0.15, 0.2) is 40.0 Å². The fraction of sp³-hybridized carbons (Fsp3) is 0.316. The Balaban J connectivity index is 1.84. The molecule has 0 saturated heterocycles. The van der Waals surface area contributed by atoms with Crippen LogP contribution in [0.3, 0.4) is 0 Å². The SMILES string of the molecule is O=C1Nc2cc(Cn3cnccc3=O)c(Br)cc2C(C#CC2CC2)(C(F)(F)F)N1. The summed E-state index contributed by atoms with van der Waals surface area (Å²) in [7, 11) is 0. The molecular formula is C19H14BrF3N4O2. The van der Waals surface area contributed by atoms with Crippen LogP contribution < -0.4 is 16.2 Å². The number of benzene rings is 1. The van der Waals surface area contributed by atoms with Gasteiger partial charge in [0.25, 0.3) is 5.56 Å². The van der Waals surface area contributed by atoms with Crippen LogP contribution in [-0.4, -0.2) is 21.8 Å². The average Bonchev–Trinajstić information content (AvgIpc) is 3.46. The van der Waals surface area contributed by atoms with Crippen LogP contribution in [0.5, 0.6) is 0 Å². The molecule has 0 bridgehead atoms. The highest BCUT2D eigenvalue weighted by molar-refractivity contribution is 9.10. The van der Waals surface area contributed by atoms with Crippen molar-refractivity contribution in [1.82, 2.24) is 14.9 Å². The van der Waals surface area contributed by atoms with Crippen molar-refractivity contribution in [3.8, 4) is 11.8 Å². The number of halogens is 4. The Kier molecular flexibility index (Phi) is 4.65. The topological polar surface area (TPSA) is 76.0 Å². The zero-order valence-corrected chi connectivity index (χ0v) is 16.4. The minimum absolute atomic E-state index is 0.00805. The number of anilines is 1. The maximum Gasteiger partial charge on any atom is 0.427 e. The van der Waals surface area contributed by atoms with Gasteiger partial charge in [-0.1, -0.05) is 27.8 Å². The molecule has 2 amide bonds. The number of hydrogen-bond acceptors (Lipinski definition) is 3. The highest BCUT2D eigenvalue weighted by Crippen LogP contribution is 2.45. The first-order chi connectivity index (χ1) is 13.7. The molecule has 2 aromatic rings. The van der Waals surface area contributed by atoms with E-state index in [0.29, 0.717) is 10.0 Å². The number of nitrogens with one attached hydrogen (secondary N) is 2. The lowest BCUT2D eigenvalue weighted by Crippen LogP contribution is -2.59. The molecule has 0 spiro atoms. The Hall–Kier alpha value is -2.80. The van der Waals surface area contributed by atoms with Gasteiger partial charge >= 0.3 is 12.2 Å². The summed E-state index contributed by atoms with van der Waals surface area (Å²) < 4.78 is 44.1. The van der Waals surface area contributed by atoms with Crippen LogP contribution in [0.25, 0.3) is 0 Å². The van der Waals surface area contributed by atoms with Gasteiger partial charge in [0, 0.05) is 33.9 Å². The number of fused-ring (bicyclic) bond motifs is 1. The molecule has 4 rings (SSSR count). The van der Waals surface area contributed by atoms with Crippen LogP contribution in [0.4, 0.5) is 23.7 Å². The van der Waals surface area contributed by atoms with E-state index in [4.69, 9.17) is 0 Å². The number of alkyl halides is 3. The minimum atomic E-state index is -4.83. The summed E-state index contributed by atoms with van der Waals surface area (Å²) in [6.07, 6.45) is -0.647. The van der Waals surface area contributed by atoms with Crippen molar-refractivity contribution < 1.29 is 18.0 Å². The second-order valence-electron chi connectivity index (χ2n) is 6.91. The molecule has 2 heterocycles. The van der Waals surface area contributed by atoms with Crippen LogP contribution >= 0.6 is 15.9 Å². The van der Waals surface area contributed by atoms with Crippen LogP contribution in [0.1, 0.15) is 24.0 Å². The van der Waals surface area contributed by atoms with Gasteiger partial charge in [-0.2, -0.15) is 13.2 Å². The second kappa shape index (κ2) is 6.91. The first-order valence-electron chi connectivity index (χ1n) is 8.71. The molecule has 29 heavy (non-hydrogen) atoms. The Morgan fingerprint density at radius 3 is 2.72 bits per heavy atom. The molecule has 2 N–H and O–H groups in total. The number of nitrogens with zero attached hydrogens (tertiary/aromatic N) is 2. The average molecular weight is 467 g/mol. The van der Waals surface area contributed by atoms with E-state index in [9.17, 15) is 22.8 Å². The van der Waals surface area contributed by atoms with Crippen molar-refractivity contribution in [2.45, 2.75) is 31.1 Å². The van der Waals surface area contributed by atoms with Gasteiger partial charge in [-0.15, -0.1) is 0 Å². The lowest BCUT2D eigenvalue weighted by Gasteiger charge is -2.37. The first-order valence-corrected chi connectivity index (χ1v) is 9.51. The monoisotopic (exact) mass is 466 g/mol. The summed E-state index contributed by atoms with van der Waals surface area (Å²) in [6.45, 7) is 0.0661. The maximum absolute atomic E-state index is 14.1. The highest BCUT2D eigenvalue weighted by Gasteiger charge is 2.59. The van der Waals surface area contributed by atoms with Gasteiger partial charge in [-0.3, -0.25) is 9.36 Å². The van der Waals surface area contributed by atoms with E-state index in [0.717, 1.165) is 12.8 Å². The molecule has 2 aliphatic rings. The van der Waals surface area contributed by atoms with Crippen molar-refractivity contribution in [2.24, 2.45) is 5.92 Å². The van der Waals surface area contributed by atoms with E-state index in [1.807, 2.05) is 5.32 Å². The predicted molar refractivity (Wildman–Crippen MR) is 102 cm³/mol. The first kappa shape index (κ1) is 19.5. The highest BCUT2D eigenvalue weighted by atomic mass is 79.9. The van der Waals surface area contributed by atoms with Crippen LogP contribution in [-0.2, 0) is 12.1 Å². The number of hydrogen-bond donors (Lipinski definition) is 2. The molecule has 0 radical (unpaired) electrons. The number of amides is 2. The van der Waals surface area contributed by atoms with Crippen molar-refractivity contribution in [3.63, 3.8) is 0 Å². The summed E-state index contributed by atoms with van der Waals surface area (Å²) in [4.78, 5) is 27.9. The summed E-state index contributed by atoms with van der Waals surface area (Å²) in [5.41, 5.74) is -2.82. The number of carbonyl (C=O) groups excluding carboxylic acids is 1. The van der Waals surface area contributed by atoms with E-state index in [2.05, 4.69) is 38.1 Å². The van der Waals surface area contributed by atoms with Gasteiger partial charge in [0.15, 0.2) is 0 Å². The zero-order valence-electron chi connectivity index (χ0n) is 14.8. The largest absolute Gasteiger partial charge is 0.427 e. The number of rotatable bonds is 2. The van der Waals surface area contributed by atoms with Crippen molar-refractivity contribution >= 4 is 27.6 Å². The fourth-order valence-electron chi connectivity index (χ4n) is 3.06. The molecule has 1 unspecified atom stereocenters. The summed E-state index contributed by atoms with van der Waals surface area (Å²) in [5.74, 6) is 4.85. The lowest BCUT2D eigenvalue weighted by molar-refractivity contribution is -0.178. The molecule has 150 valence electrons. The molecule has 1 aliphatic heterocycles. The Labute approximate surface area is 171 Å². The quantitative estimate of drug-likeness (QED) is 0.666. The second-order valence-corrected chi connectivity index (χ2v) is 7.76. The van der Waals surface area contributed by atoms with E-state index in [1.54, 1.807) is 0 Å². The molecule has 1 aliphatic carbocycles. The summed E-state index contributed by atoms with van der Waals surface area (Å²) >= 11 is 3.29. The Morgan fingerprint density at radius 2 is 2.07 bits per heavy atom. The Bertz CT molecular complexity index is 1110. The normalized spacial score (nSPS) is 20.8. The van der Waals surface area contributed by atoms with Gasteiger partial charge in [0.1, 0.15) is 0 Å². The number of aromatic nitrogens is 2. The molecule has 1 aromatic heterocycles. The number of urea groups is 1. The standard InChI is InChI=1S/C19H14BrF3N4O2/c20-14-8-13-15(7-12(14)9-27-10-24-6-4-16(27)28)25-17(29)26-18(13,19(21,22)23)5-3-11-1-2-11/h4,6-8,10-11H,1-2,9H2,(H2,25,26,29). The smallest absolute Gasteiger partial charge is 0.310 e. The van der Waals surface area contributed by atoms with E-state index in [1.165, 1.54) is 35.3 Å². The van der Waals surface area contributed by atoms with Gasteiger partial charge in [-0.25, -0.2) is 9.78 Å². The van der Waals surface area contributed by atoms with Crippen LogP contribution in [0.2, 0.25) is 0 Å². The third-order valence-electron chi connectivity index (χ3n) is 4.74. The molecule has 6 nitrogen and oxygen atoms in total. The molecular weight excluding hydrogens is 453 g/mol. The summed E-state index contributed by atoms with van der Waals surface area (Å²) in [6, 6.07) is 2.98. The third-order valence-corrected chi connectivity index (χ3v) is 5.48. The summed E-state index contributed by atoms with van der Waals surface area (Å²) in [5, 5.41) is 4.40. The Morgan fingerprint density at radius 1 is 1.31 bits per heavy atom. The molecule has 1 aromatic carbocycles. The molecule has 1 atom stereocenters. The van der Waals surface area contributed by atoms with Gasteiger partial charge in [-0.05, 0) is 30.5 Å². The van der Waals surface area contributed by atoms with Crippen LogP contribution in [0, 0.1) is 17.8 Å². The number of carbonyl (C=O) groups is 1. The van der Waals surface area contributed by atoms with Gasteiger partial charge in [0.2, 0.25) is 5.54 Å². The third kappa shape index (κ3) is 3.62. The van der Waals surface area contributed by atoms with E-state index in [-0.39, 0.29) is 29.3 Å². The predicted octanol–water partition coefficient (Wildman–Crippen LogP) is 3.36. The van der Waals surface area contributed by atoms with Crippen molar-refractivity contribution in [3.05, 3.63) is 56.7 Å². The van der Waals surface area contributed by atoms with E-state index >= 15 is 0 Å². The van der Waals surface area contributed by atoms with Gasteiger partial charge < -0.3 is 10.6 Å². The maximum atomic E-state index is 14.1. The zero-order chi connectivity index (χ0) is 20.8. The lowest BCUT2D eigenvalue weighted by atomic mass is 9.85. The van der Waals surface area contributed by atoms with Crippen molar-refractivity contribution in [1.29, 1.82) is 0 Å². The molecule has 1 saturated carbocycles. The minimum Gasteiger partial charge on any atom is -0.310 e. The fourth-order valence-corrected chi connectivity index (χ4v) is 3.52. The molecule has 10 heteroatoms. The van der Waals surface area contributed by atoms with Gasteiger partial charge in [0.05, 0.1) is 12.9 Å². The molecule has 1 fully saturated rings. The van der Waals surface area contributed by atoms with Crippen molar-refractivity contribution in [2.75, 3.05) is 5.32 Å². The van der Waals surface area contributed by atoms with E-state index < -0.39 is 17.7 Å².